The Balaban J connectivity index is -0.000000155. The zero-order valence-electron chi connectivity index (χ0n) is 14.2. The second-order valence-corrected chi connectivity index (χ2v) is 8.50. The lowest BCUT2D eigenvalue weighted by Gasteiger charge is -2.15. The number of carboxylic acid groups (broad SMARTS) is 2. The highest BCUT2D eigenvalue weighted by Crippen LogP contribution is 2.47. The van der Waals surface area contributed by atoms with Crippen LogP contribution in [0.4, 0.5) is 0 Å². The molecule has 4 atom stereocenters. The van der Waals surface area contributed by atoms with E-state index in [0.717, 1.165) is 6.42 Å². The minimum atomic E-state index is -3.87. The Labute approximate surface area is 149 Å². The Kier molecular flexibility index (Phi) is 23.5. The standard InChI is InChI=1S/C6H11O6P.C4H9O2P.2CO2/c1-2-13(11,12)4(6(9)10)3-5(7)8;1-3-4(2)7(5)6;2*2-1-3/h4H,2-3H2,1H3,(H,7,8)(H,9,10)(H,11,12);4H,3H2,1-2H3;;/p+1. The number of hydrogen-bond acceptors (Lipinski definition) is 8. The molecule has 12 nitrogen and oxygen atoms in total. The number of carbonyl (C=O) groups excluding carboxylic acids is 4. The maximum Gasteiger partial charge on any atom is 0.508 e. The third-order valence-electron chi connectivity index (χ3n) is 2.56. The van der Waals surface area contributed by atoms with Crippen molar-refractivity contribution in [1.82, 2.24) is 0 Å². The summed E-state index contributed by atoms with van der Waals surface area (Å²) < 4.78 is 21.2. The van der Waals surface area contributed by atoms with E-state index < -0.39 is 39.4 Å². The van der Waals surface area contributed by atoms with Crippen LogP contribution < -0.4 is 0 Å². The smallest absolute Gasteiger partial charge is 0.481 e. The van der Waals surface area contributed by atoms with Crippen molar-refractivity contribution < 1.29 is 57.9 Å². The molecule has 0 aromatic heterocycles. The number of carbonyl (C=O) groups is 2. The summed E-state index contributed by atoms with van der Waals surface area (Å²) in [6, 6.07) is 0. The first-order valence-electron chi connectivity index (χ1n) is 6.72. The number of hydrogen-bond donors (Lipinski definition) is 4. The first kappa shape index (κ1) is 31.7. The largest absolute Gasteiger partial charge is 0.508 e. The van der Waals surface area contributed by atoms with Gasteiger partial charge in [0.25, 0.3) is 0 Å². The van der Waals surface area contributed by atoms with Gasteiger partial charge >= 0.3 is 32.3 Å². The van der Waals surface area contributed by atoms with E-state index >= 15 is 0 Å². The molecule has 0 aliphatic rings. The molecule has 0 rings (SSSR count). The van der Waals surface area contributed by atoms with Gasteiger partial charge in [-0.3, -0.25) is 14.2 Å². The molecular weight excluding hydrogens is 398 g/mol. The van der Waals surface area contributed by atoms with Gasteiger partial charge < -0.3 is 15.1 Å². The van der Waals surface area contributed by atoms with E-state index in [9.17, 15) is 18.7 Å². The third kappa shape index (κ3) is 21.9. The molecule has 14 heteroatoms. The molecule has 4 unspecified atom stereocenters. The van der Waals surface area contributed by atoms with Crippen molar-refractivity contribution in [1.29, 1.82) is 0 Å². The van der Waals surface area contributed by atoms with Gasteiger partial charge in [0.15, 0.2) is 5.66 Å². The first-order valence-corrected chi connectivity index (χ1v) is 9.92. The number of carboxylic acids is 2. The van der Waals surface area contributed by atoms with Crippen LogP contribution in [0, 0.1) is 0 Å². The first-order chi connectivity index (χ1) is 11.8. The molecule has 0 fully saturated rings. The summed E-state index contributed by atoms with van der Waals surface area (Å²) in [4.78, 5) is 70.6. The number of rotatable bonds is 7. The summed E-state index contributed by atoms with van der Waals surface area (Å²) in [5, 5.41) is 16.8. The lowest BCUT2D eigenvalue weighted by Crippen LogP contribution is -2.24. The molecule has 26 heavy (non-hydrogen) atoms. The Hall–Kier alpha value is -2.05. The average molecular weight is 419 g/mol. The van der Waals surface area contributed by atoms with Crippen molar-refractivity contribution in [2.75, 3.05) is 6.16 Å². The Morgan fingerprint density at radius 3 is 1.54 bits per heavy atom. The molecule has 0 radical (unpaired) electrons. The predicted octanol–water partition coefficient (Wildman–Crippen LogP) is 0.557. The van der Waals surface area contributed by atoms with Crippen molar-refractivity contribution >= 4 is 39.6 Å². The van der Waals surface area contributed by atoms with Crippen LogP contribution in [0.3, 0.4) is 0 Å². The quantitative estimate of drug-likeness (QED) is 0.416. The van der Waals surface area contributed by atoms with E-state index in [-0.39, 0.29) is 24.1 Å². The van der Waals surface area contributed by atoms with E-state index in [4.69, 9.17) is 39.2 Å². The van der Waals surface area contributed by atoms with Crippen molar-refractivity contribution in [3.8, 4) is 0 Å². The van der Waals surface area contributed by atoms with E-state index in [2.05, 4.69) is 0 Å². The highest BCUT2D eigenvalue weighted by Gasteiger charge is 2.37. The summed E-state index contributed by atoms with van der Waals surface area (Å²) in [5.74, 6) is -2.94. The molecule has 150 valence electrons. The zero-order chi connectivity index (χ0) is 21.9. The molecule has 0 aliphatic carbocycles. The number of aliphatic carboxylic acids is 2. The van der Waals surface area contributed by atoms with E-state index in [0.29, 0.717) is 0 Å². The van der Waals surface area contributed by atoms with Gasteiger partial charge in [-0.1, -0.05) is 13.8 Å². The Morgan fingerprint density at radius 2 is 1.42 bits per heavy atom. The predicted molar refractivity (Wildman–Crippen MR) is 83.6 cm³/mol. The third-order valence-corrected chi connectivity index (χ3v) is 5.96. The molecule has 0 aromatic rings. The zero-order valence-corrected chi connectivity index (χ0v) is 16.0. The minimum Gasteiger partial charge on any atom is -0.481 e. The van der Waals surface area contributed by atoms with Crippen molar-refractivity contribution in [2.24, 2.45) is 0 Å². The highest BCUT2D eigenvalue weighted by atomic mass is 31.2. The summed E-state index contributed by atoms with van der Waals surface area (Å²) in [7, 11) is -5.79. The average Bonchev–Trinajstić information content (AvgIpc) is 2.53. The van der Waals surface area contributed by atoms with Crippen molar-refractivity contribution in [2.45, 2.75) is 44.9 Å². The van der Waals surface area contributed by atoms with Gasteiger partial charge in [0, 0.05) is 6.16 Å². The molecule has 0 bridgehead atoms. The summed E-state index contributed by atoms with van der Waals surface area (Å²) in [6.07, 6.45) is 0.222. The van der Waals surface area contributed by atoms with Crippen molar-refractivity contribution in [3.05, 3.63) is 0 Å². The molecule has 0 heterocycles. The molecule has 0 aromatic carbocycles. The summed E-state index contributed by atoms with van der Waals surface area (Å²) in [6.45, 7) is 5.01. The Bertz CT molecular complexity index is 534. The van der Waals surface area contributed by atoms with Gasteiger partial charge in [0.1, 0.15) is 5.66 Å². The Morgan fingerprint density at radius 1 is 1.08 bits per heavy atom. The van der Waals surface area contributed by atoms with Gasteiger partial charge in [-0.25, -0.2) is 0 Å². The second-order valence-electron chi connectivity index (χ2n) is 4.25. The van der Waals surface area contributed by atoms with Crippen LogP contribution in [-0.2, 0) is 37.9 Å². The highest BCUT2D eigenvalue weighted by molar-refractivity contribution is 7.59. The van der Waals surface area contributed by atoms with Crippen LogP contribution >= 0.6 is 15.4 Å². The van der Waals surface area contributed by atoms with Crippen molar-refractivity contribution in [3.63, 3.8) is 0 Å². The van der Waals surface area contributed by atoms with Crippen LogP contribution in [0.2, 0.25) is 0 Å². The molecule has 0 saturated heterocycles. The molecule has 0 aliphatic heterocycles. The van der Waals surface area contributed by atoms with Crippen LogP contribution in [-0.4, -0.2) is 61.7 Å². The SMILES string of the molecule is CCC(C)[P+](=O)O.CCP(=O)(O)C(CC(=O)O)C(=O)O.O=C=O.O=C=O. The van der Waals surface area contributed by atoms with E-state index in [1.54, 1.807) is 6.92 Å². The maximum atomic E-state index is 11.2. The fraction of sp³-hybridized carbons (Fsp3) is 0.667. The maximum absolute atomic E-state index is 11.2. The van der Waals surface area contributed by atoms with Gasteiger partial charge in [0.05, 0.1) is 6.42 Å². The van der Waals surface area contributed by atoms with E-state index in [1.807, 2.05) is 6.92 Å². The fourth-order valence-electron chi connectivity index (χ4n) is 0.944. The normalized spacial score (nSPS) is 13.7. The topological polar surface area (TPSA) is 217 Å². The van der Waals surface area contributed by atoms with Gasteiger partial charge in [0.2, 0.25) is 7.37 Å². The second kappa shape index (κ2) is 19.3. The summed E-state index contributed by atoms with van der Waals surface area (Å²) >= 11 is 0. The lowest BCUT2D eigenvalue weighted by atomic mass is 10.3. The fourth-order valence-corrected chi connectivity index (χ4v) is 2.48. The molecule has 0 amide bonds. The van der Waals surface area contributed by atoms with Crippen LogP contribution in [0.1, 0.15) is 33.6 Å². The molecule has 4 N–H and O–H groups in total. The molecule has 0 saturated carbocycles. The van der Waals surface area contributed by atoms with Gasteiger partial charge in [-0.2, -0.15) is 24.1 Å². The van der Waals surface area contributed by atoms with Crippen LogP contribution in [0.25, 0.3) is 0 Å². The lowest BCUT2D eigenvalue weighted by molar-refractivity contribution is -0.193. The molecule has 0 spiro atoms. The van der Waals surface area contributed by atoms with Gasteiger partial charge in [-0.05, 0) is 17.9 Å². The van der Waals surface area contributed by atoms with Gasteiger partial charge in [-0.15, -0.1) is 0 Å². The minimum absolute atomic E-state index is 0.0324. The monoisotopic (exact) mass is 419 g/mol. The van der Waals surface area contributed by atoms with Crippen LogP contribution in [0.15, 0.2) is 0 Å². The van der Waals surface area contributed by atoms with Crippen LogP contribution in [0.5, 0.6) is 0 Å². The van der Waals surface area contributed by atoms with E-state index in [1.165, 1.54) is 6.92 Å². The summed E-state index contributed by atoms with van der Waals surface area (Å²) in [5.41, 5.74) is -1.73. The molecular formula is C12H21O12P2+.